The van der Waals surface area contributed by atoms with Crippen LogP contribution in [-0.4, -0.2) is 28.6 Å². The second kappa shape index (κ2) is 12.5. The average Bonchev–Trinajstić information content (AvgIpc) is 3.52. The highest BCUT2D eigenvalue weighted by Gasteiger charge is 2.34. The van der Waals surface area contributed by atoms with E-state index in [9.17, 15) is 4.79 Å². The van der Waals surface area contributed by atoms with Gasteiger partial charge in [0.1, 0.15) is 11.6 Å². The lowest BCUT2D eigenvalue weighted by Crippen LogP contribution is -2.24. The molecular weight excluding hydrogens is 482 g/mol. The van der Waals surface area contributed by atoms with Crippen molar-refractivity contribution in [1.29, 1.82) is 0 Å². The van der Waals surface area contributed by atoms with Gasteiger partial charge < -0.3 is 14.2 Å². The fourth-order valence-electron chi connectivity index (χ4n) is 5.64. The maximum absolute atomic E-state index is 13.1. The minimum atomic E-state index is 0.0823. The first-order valence-electron chi connectivity index (χ1n) is 14.6. The van der Waals surface area contributed by atoms with Crippen LogP contribution in [0.25, 0.3) is 11.0 Å². The predicted molar refractivity (Wildman–Crippen MR) is 160 cm³/mol. The van der Waals surface area contributed by atoms with Gasteiger partial charge in [0.25, 0.3) is 0 Å². The number of nitrogens with zero attached hydrogens (tertiary/aromatic N) is 3. The van der Waals surface area contributed by atoms with Crippen molar-refractivity contribution in [2.24, 2.45) is 0 Å². The normalized spacial score (nSPS) is 15.5. The van der Waals surface area contributed by atoms with Crippen molar-refractivity contribution in [2.75, 3.05) is 18.1 Å². The van der Waals surface area contributed by atoms with E-state index < -0.39 is 0 Å². The fourth-order valence-corrected chi connectivity index (χ4v) is 5.64. The quantitative estimate of drug-likeness (QED) is 0.177. The molecule has 5 nitrogen and oxygen atoms in total. The number of hydrogen-bond acceptors (Lipinski definition) is 3. The van der Waals surface area contributed by atoms with E-state index in [2.05, 4.69) is 86.0 Å². The Balaban J connectivity index is 1.26. The number of carbonyl (C=O) groups is 1. The Kier molecular flexibility index (Phi) is 8.65. The smallest absolute Gasteiger partial charge is 0.227 e. The van der Waals surface area contributed by atoms with Gasteiger partial charge in [-0.1, -0.05) is 69.7 Å². The van der Waals surface area contributed by atoms with E-state index >= 15 is 0 Å². The van der Waals surface area contributed by atoms with Gasteiger partial charge in [-0.15, -0.1) is 0 Å². The predicted octanol–water partition coefficient (Wildman–Crippen LogP) is 7.88. The van der Waals surface area contributed by atoms with Crippen LogP contribution in [0.3, 0.4) is 0 Å². The largest absolute Gasteiger partial charge is 0.493 e. The lowest BCUT2D eigenvalue weighted by molar-refractivity contribution is -0.117. The van der Waals surface area contributed by atoms with Crippen LogP contribution in [-0.2, 0) is 17.8 Å². The number of benzene rings is 3. The van der Waals surface area contributed by atoms with Crippen molar-refractivity contribution in [2.45, 2.75) is 77.7 Å². The number of para-hydroxylation sites is 3. The van der Waals surface area contributed by atoms with Crippen LogP contribution in [0.15, 0.2) is 72.8 Å². The first-order chi connectivity index (χ1) is 19.0. The summed E-state index contributed by atoms with van der Waals surface area (Å²) in [5.41, 5.74) is 5.73. The Morgan fingerprint density at radius 2 is 1.72 bits per heavy atom. The molecule has 3 aromatic carbocycles. The second-order valence-electron chi connectivity index (χ2n) is 11.0. The molecule has 1 unspecified atom stereocenters. The van der Waals surface area contributed by atoms with Crippen molar-refractivity contribution >= 4 is 22.6 Å². The molecule has 5 rings (SSSR count). The van der Waals surface area contributed by atoms with Crippen LogP contribution in [0.4, 0.5) is 5.69 Å². The first kappa shape index (κ1) is 27.0. The summed E-state index contributed by atoms with van der Waals surface area (Å²) in [6, 6.07) is 25.2. The molecule has 1 saturated heterocycles. The van der Waals surface area contributed by atoms with Gasteiger partial charge in [-0.2, -0.15) is 0 Å². The summed E-state index contributed by atoms with van der Waals surface area (Å²) < 4.78 is 8.51. The van der Waals surface area contributed by atoms with Crippen molar-refractivity contribution < 1.29 is 9.53 Å². The van der Waals surface area contributed by atoms with Gasteiger partial charge in [-0.3, -0.25) is 4.79 Å². The Hall–Kier alpha value is -3.60. The standard InChI is InChI=1S/C34H41N3O2/c1-4-5-12-26-17-19-28(20-18-26)37-24-27(23-33(37)38)34-35-30-14-7-8-15-31(30)36(34)21-10-11-22-39-32-16-9-6-13-29(32)25(2)3/h6-9,13-20,25,27H,4-5,10-12,21-24H2,1-3H3. The molecule has 0 N–H and O–H groups in total. The van der Waals surface area contributed by atoms with Gasteiger partial charge in [-0.05, 0) is 73.1 Å². The molecule has 0 radical (unpaired) electrons. The zero-order valence-electron chi connectivity index (χ0n) is 23.6. The van der Waals surface area contributed by atoms with Gasteiger partial charge in [0.2, 0.25) is 5.91 Å². The summed E-state index contributed by atoms with van der Waals surface area (Å²) in [4.78, 5) is 20.1. The van der Waals surface area contributed by atoms with Gasteiger partial charge >= 0.3 is 0 Å². The van der Waals surface area contributed by atoms with Crippen molar-refractivity contribution in [1.82, 2.24) is 9.55 Å². The number of aryl methyl sites for hydroxylation is 2. The number of aromatic nitrogens is 2. The highest BCUT2D eigenvalue weighted by atomic mass is 16.5. The molecule has 1 aliphatic heterocycles. The van der Waals surface area contributed by atoms with Gasteiger partial charge in [0.15, 0.2) is 0 Å². The Morgan fingerprint density at radius 1 is 0.949 bits per heavy atom. The third-order valence-electron chi connectivity index (χ3n) is 7.82. The molecule has 204 valence electrons. The van der Waals surface area contributed by atoms with Crippen LogP contribution in [0, 0.1) is 0 Å². The zero-order valence-corrected chi connectivity index (χ0v) is 23.6. The zero-order chi connectivity index (χ0) is 27.2. The molecule has 4 aromatic rings. The molecule has 1 aliphatic rings. The lowest BCUT2D eigenvalue weighted by Gasteiger charge is -2.18. The number of hydrogen-bond donors (Lipinski definition) is 0. The molecule has 0 aliphatic carbocycles. The third kappa shape index (κ3) is 6.19. The number of unbranched alkanes of at least 4 members (excludes halogenated alkanes) is 2. The molecule has 1 fully saturated rings. The van der Waals surface area contributed by atoms with Gasteiger partial charge in [0.05, 0.1) is 17.6 Å². The molecule has 1 aromatic heterocycles. The highest BCUT2D eigenvalue weighted by molar-refractivity contribution is 5.96. The topological polar surface area (TPSA) is 47.4 Å². The van der Waals surface area contributed by atoms with Crippen LogP contribution in [0.5, 0.6) is 5.75 Å². The maximum Gasteiger partial charge on any atom is 0.227 e. The molecule has 39 heavy (non-hydrogen) atoms. The molecule has 0 saturated carbocycles. The van der Waals surface area contributed by atoms with E-state index in [1.807, 2.05) is 17.0 Å². The van der Waals surface area contributed by atoms with Gasteiger partial charge in [-0.25, -0.2) is 4.98 Å². The maximum atomic E-state index is 13.1. The van der Waals surface area contributed by atoms with E-state index in [1.54, 1.807) is 0 Å². The van der Waals surface area contributed by atoms with E-state index in [0.29, 0.717) is 25.5 Å². The summed E-state index contributed by atoms with van der Waals surface area (Å²) in [5.74, 6) is 2.71. The molecule has 0 spiro atoms. The lowest BCUT2D eigenvalue weighted by atomic mass is 10.0. The van der Waals surface area contributed by atoms with Crippen LogP contribution in [0.1, 0.15) is 81.7 Å². The summed E-state index contributed by atoms with van der Waals surface area (Å²) >= 11 is 0. The highest BCUT2D eigenvalue weighted by Crippen LogP contribution is 2.34. The fraction of sp³-hybridized carbons (Fsp3) is 0.412. The molecule has 1 atom stereocenters. The summed E-state index contributed by atoms with van der Waals surface area (Å²) in [6.07, 6.45) is 5.91. The first-order valence-corrected chi connectivity index (χ1v) is 14.6. The number of amides is 1. The molecule has 0 bridgehead atoms. The average molecular weight is 524 g/mol. The summed E-state index contributed by atoms with van der Waals surface area (Å²) in [6.45, 7) is 8.84. The number of ether oxygens (including phenoxy) is 1. The second-order valence-corrected chi connectivity index (χ2v) is 11.0. The molecular formula is C34H41N3O2. The SMILES string of the molecule is CCCCc1ccc(N2CC(c3nc4ccccc4n3CCCCOc3ccccc3C(C)C)CC2=O)cc1. The minimum absolute atomic E-state index is 0.0823. The van der Waals surface area contributed by atoms with Crippen molar-refractivity contribution in [3.63, 3.8) is 0 Å². The van der Waals surface area contributed by atoms with Crippen LogP contribution in [0.2, 0.25) is 0 Å². The number of fused-ring (bicyclic) bond motifs is 1. The van der Waals surface area contributed by atoms with Crippen molar-refractivity contribution in [3.05, 3.63) is 89.7 Å². The molecule has 1 amide bonds. The minimum Gasteiger partial charge on any atom is -0.493 e. The van der Waals surface area contributed by atoms with Gasteiger partial charge in [0, 0.05) is 31.1 Å². The Bertz CT molecular complexity index is 1390. The number of carbonyl (C=O) groups excluding carboxylic acids is 1. The summed E-state index contributed by atoms with van der Waals surface area (Å²) in [5, 5.41) is 0. The Morgan fingerprint density at radius 3 is 2.51 bits per heavy atom. The van der Waals surface area contributed by atoms with Crippen LogP contribution >= 0.6 is 0 Å². The van der Waals surface area contributed by atoms with Crippen molar-refractivity contribution in [3.8, 4) is 5.75 Å². The number of imidazole rings is 1. The molecule has 5 heteroatoms. The van der Waals surface area contributed by atoms with E-state index in [4.69, 9.17) is 9.72 Å². The Labute approximate surface area is 232 Å². The number of anilines is 1. The van der Waals surface area contributed by atoms with E-state index in [0.717, 1.165) is 54.1 Å². The monoisotopic (exact) mass is 523 g/mol. The van der Waals surface area contributed by atoms with E-state index in [-0.39, 0.29) is 11.8 Å². The number of rotatable bonds is 12. The van der Waals surface area contributed by atoms with E-state index in [1.165, 1.54) is 24.0 Å². The molecule has 2 heterocycles. The third-order valence-corrected chi connectivity index (χ3v) is 7.82. The van der Waals surface area contributed by atoms with Crippen LogP contribution < -0.4 is 9.64 Å². The summed E-state index contributed by atoms with van der Waals surface area (Å²) in [7, 11) is 0.